The molecule has 1 amide bonds. The van der Waals surface area contributed by atoms with E-state index in [1.807, 2.05) is 0 Å². The zero-order valence-corrected chi connectivity index (χ0v) is 20.2. The zero-order chi connectivity index (χ0) is 23.2. The molecule has 0 fully saturated rings. The van der Waals surface area contributed by atoms with Gasteiger partial charge in [0, 0.05) is 15.1 Å². The average Bonchev–Trinajstić information content (AvgIpc) is 3.06. The van der Waals surface area contributed by atoms with Crippen molar-refractivity contribution < 1.29 is 18.0 Å². The maximum absolute atomic E-state index is 13.8. The third kappa shape index (κ3) is 4.50. The molecule has 4 aromatic rings. The fraction of sp³-hybridized carbons (Fsp3) is 0.0500. The summed E-state index contributed by atoms with van der Waals surface area (Å²) in [7, 11) is 0. The second kappa shape index (κ2) is 8.66. The first-order valence-electron chi connectivity index (χ1n) is 8.73. The van der Waals surface area contributed by atoms with Crippen LogP contribution in [0.15, 0.2) is 57.5 Å². The van der Waals surface area contributed by atoms with Crippen LogP contribution >= 0.6 is 55.1 Å². The quantitative estimate of drug-likeness (QED) is 0.262. The lowest BCUT2D eigenvalue weighted by Gasteiger charge is -2.11. The number of halogens is 7. The number of alkyl halides is 3. The highest BCUT2D eigenvalue weighted by Crippen LogP contribution is 2.35. The van der Waals surface area contributed by atoms with Crippen molar-refractivity contribution in [2.45, 2.75) is 6.18 Å². The lowest BCUT2D eigenvalue weighted by Crippen LogP contribution is -2.16. The number of nitrogens with one attached hydrogen (secondary N) is 1. The molecule has 0 unspecified atom stereocenters. The Balaban J connectivity index is 1.84. The molecule has 164 valence electrons. The Morgan fingerprint density at radius 1 is 1.03 bits per heavy atom. The van der Waals surface area contributed by atoms with E-state index in [9.17, 15) is 18.0 Å². The van der Waals surface area contributed by atoms with E-state index in [-0.39, 0.29) is 32.2 Å². The number of anilines is 1. The summed E-state index contributed by atoms with van der Waals surface area (Å²) in [6.07, 6.45) is -4.75. The van der Waals surface area contributed by atoms with E-state index in [4.69, 9.17) is 23.2 Å². The van der Waals surface area contributed by atoms with E-state index in [1.165, 1.54) is 18.2 Å². The molecule has 0 radical (unpaired) electrons. The van der Waals surface area contributed by atoms with Crippen LogP contribution in [0.4, 0.5) is 18.9 Å². The molecule has 0 atom stereocenters. The van der Waals surface area contributed by atoms with Gasteiger partial charge in [0.1, 0.15) is 0 Å². The summed E-state index contributed by atoms with van der Waals surface area (Å²) in [6.45, 7) is 0. The second-order valence-corrected chi connectivity index (χ2v) is 9.06. The van der Waals surface area contributed by atoms with Crippen LogP contribution in [0.25, 0.3) is 16.9 Å². The molecule has 4 rings (SSSR count). The van der Waals surface area contributed by atoms with Crippen LogP contribution in [0.2, 0.25) is 10.0 Å². The molecule has 0 aliphatic rings. The van der Waals surface area contributed by atoms with Gasteiger partial charge in [0.2, 0.25) is 0 Å². The van der Waals surface area contributed by atoms with Gasteiger partial charge < -0.3 is 5.32 Å². The summed E-state index contributed by atoms with van der Waals surface area (Å²) >= 11 is 18.4. The number of carbonyl (C=O) groups is 1. The number of fused-ring (bicyclic) bond motifs is 1. The van der Waals surface area contributed by atoms with Crippen molar-refractivity contribution in [3.05, 3.63) is 78.9 Å². The van der Waals surface area contributed by atoms with Crippen LogP contribution in [0.5, 0.6) is 0 Å². The summed E-state index contributed by atoms with van der Waals surface area (Å²) in [5, 5.41) is 6.91. The Hall–Kier alpha value is -2.14. The maximum atomic E-state index is 13.8. The molecule has 12 heteroatoms. The van der Waals surface area contributed by atoms with Crippen molar-refractivity contribution in [2.75, 3.05) is 5.32 Å². The second-order valence-electron chi connectivity index (χ2n) is 6.51. The molecule has 2 aromatic carbocycles. The molecule has 0 aliphatic heterocycles. The lowest BCUT2D eigenvalue weighted by molar-refractivity contribution is -0.142. The standard InChI is InChI=1S/C20H9Br2Cl2F3N4O/c21-10-3-1-9(2-4-10)14-8-15(20(25,26)27)31-18(28-14)16(22)17(30-31)19(32)29-13-6-5-11(23)7-12(13)24/h1-8H,(H,29,32). The van der Waals surface area contributed by atoms with E-state index in [2.05, 4.69) is 47.3 Å². The molecular weight excluding hydrogens is 600 g/mol. The predicted molar refractivity (Wildman–Crippen MR) is 123 cm³/mol. The highest BCUT2D eigenvalue weighted by atomic mass is 79.9. The van der Waals surface area contributed by atoms with Gasteiger partial charge in [0.25, 0.3) is 5.91 Å². The van der Waals surface area contributed by atoms with Gasteiger partial charge in [0.05, 0.1) is 20.9 Å². The zero-order valence-electron chi connectivity index (χ0n) is 15.5. The minimum absolute atomic E-state index is 0.00421. The number of benzene rings is 2. The molecule has 0 aliphatic carbocycles. The third-order valence-electron chi connectivity index (χ3n) is 4.36. The van der Waals surface area contributed by atoms with E-state index in [0.717, 1.165) is 10.5 Å². The molecule has 5 nitrogen and oxygen atoms in total. The Morgan fingerprint density at radius 2 is 1.72 bits per heavy atom. The van der Waals surface area contributed by atoms with Gasteiger partial charge in [-0.1, -0.05) is 51.3 Å². The molecule has 1 N–H and O–H groups in total. The van der Waals surface area contributed by atoms with Gasteiger partial charge in [-0.2, -0.15) is 18.3 Å². The number of amides is 1. The minimum Gasteiger partial charge on any atom is -0.319 e. The first kappa shape index (κ1) is 23.0. The fourth-order valence-corrected chi connectivity index (χ4v) is 4.12. The largest absolute Gasteiger partial charge is 0.433 e. The third-order valence-corrected chi connectivity index (χ3v) is 6.16. The van der Waals surface area contributed by atoms with Crippen LogP contribution in [-0.4, -0.2) is 20.5 Å². The fourth-order valence-electron chi connectivity index (χ4n) is 2.88. The Bertz CT molecular complexity index is 1360. The van der Waals surface area contributed by atoms with E-state index in [0.29, 0.717) is 15.1 Å². The normalized spacial score (nSPS) is 11.7. The van der Waals surface area contributed by atoms with Gasteiger partial charge in [0.15, 0.2) is 17.0 Å². The van der Waals surface area contributed by atoms with Gasteiger partial charge in [-0.25, -0.2) is 9.50 Å². The van der Waals surface area contributed by atoms with Crippen molar-refractivity contribution in [3.63, 3.8) is 0 Å². The van der Waals surface area contributed by atoms with Crippen molar-refractivity contribution in [1.29, 1.82) is 0 Å². The van der Waals surface area contributed by atoms with Crippen LogP contribution in [0.1, 0.15) is 16.2 Å². The molecule has 2 aromatic heterocycles. The first-order valence-corrected chi connectivity index (χ1v) is 11.1. The summed E-state index contributed by atoms with van der Waals surface area (Å²) in [4.78, 5) is 17.1. The Labute approximate surface area is 205 Å². The van der Waals surface area contributed by atoms with E-state index < -0.39 is 17.8 Å². The minimum atomic E-state index is -4.75. The number of rotatable bonds is 3. The number of aromatic nitrogens is 3. The molecule has 0 saturated carbocycles. The highest BCUT2D eigenvalue weighted by molar-refractivity contribution is 9.11. The number of carbonyl (C=O) groups excluding carboxylic acids is 1. The SMILES string of the molecule is O=C(Nc1ccc(Cl)cc1Cl)c1nn2c(C(F)(F)F)cc(-c3ccc(Br)cc3)nc2c1Br. The van der Waals surface area contributed by atoms with Crippen molar-refractivity contribution in [2.24, 2.45) is 0 Å². The maximum Gasteiger partial charge on any atom is 0.433 e. The lowest BCUT2D eigenvalue weighted by atomic mass is 10.1. The molecule has 0 saturated heterocycles. The molecular formula is C20H9Br2Cl2F3N4O. The summed E-state index contributed by atoms with van der Waals surface area (Å²) in [5.41, 5.74) is -0.764. The van der Waals surface area contributed by atoms with Crippen LogP contribution in [0.3, 0.4) is 0 Å². The molecule has 2 heterocycles. The summed E-state index contributed by atoms with van der Waals surface area (Å²) < 4.78 is 42.8. The van der Waals surface area contributed by atoms with Crippen molar-refractivity contribution in [3.8, 4) is 11.3 Å². The first-order chi connectivity index (χ1) is 15.0. The van der Waals surface area contributed by atoms with Crippen LogP contribution in [0, 0.1) is 0 Å². The topological polar surface area (TPSA) is 59.3 Å². The summed E-state index contributed by atoms with van der Waals surface area (Å²) in [5.74, 6) is -0.773. The van der Waals surface area contributed by atoms with Gasteiger partial charge >= 0.3 is 6.18 Å². The molecule has 0 bridgehead atoms. The van der Waals surface area contributed by atoms with Crippen molar-refractivity contribution >= 4 is 72.3 Å². The number of hydrogen-bond acceptors (Lipinski definition) is 3. The van der Waals surface area contributed by atoms with E-state index in [1.54, 1.807) is 24.3 Å². The predicted octanol–water partition coefficient (Wildman–Crippen LogP) is 7.50. The van der Waals surface area contributed by atoms with E-state index >= 15 is 0 Å². The van der Waals surface area contributed by atoms with Crippen LogP contribution in [-0.2, 0) is 6.18 Å². The number of nitrogens with zero attached hydrogens (tertiary/aromatic N) is 3. The van der Waals surface area contributed by atoms with Gasteiger partial charge in [-0.3, -0.25) is 4.79 Å². The Morgan fingerprint density at radius 3 is 2.34 bits per heavy atom. The monoisotopic (exact) mass is 606 g/mol. The van der Waals surface area contributed by atoms with Crippen LogP contribution < -0.4 is 5.32 Å². The number of hydrogen-bond donors (Lipinski definition) is 1. The smallest absolute Gasteiger partial charge is 0.319 e. The summed E-state index contributed by atoms with van der Waals surface area (Å²) in [6, 6.07) is 11.9. The highest BCUT2D eigenvalue weighted by Gasteiger charge is 2.36. The van der Waals surface area contributed by atoms with Crippen molar-refractivity contribution in [1.82, 2.24) is 14.6 Å². The average molecular weight is 609 g/mol. The van der Waals surface area contributed by atoms with Gasteiger partial charge in [-0.05, 0) is 52.3 Å². The Kier molecular flexibility index (Phi) is 6.23. The molecule has 32 heavy (non-hydrogen) atoms. The molecule has 0 spiro atoms. The van der Waals surface area contributed by atoms with Gasteiger partial charge in [-0.15, -0.1) is 0 Å².